The third kappa shape index (κ3) is 7.38. The third-order valence-corrected chi connectivity index (χ3v) is 0.827. The summed E-state index contributed by atoms with van der Waals surface area (Å²) < 4.78 is 16.7. The van der Waals surface area contributed by atoms with Crippen LogP contribution in [0.25, 0.3) is 0 Å². The molecule has 1 unspecified atom stereocenters. The first-order chi connectivity index (χ1) is 4.27. The van der Waals surface area contributed by atoms with Crippen molar-refractivity contribution in [1.29, 1.82) is 5.26 Å². The summed E-state index contributed by atoms with van der Waals surface area (Å²) in [6.07, 6.45) is -0.453. The molecule has 2 nitrogen and oxygen atoms in total. The lowest BCUT2D eigenvalue weighted by atomic mass is 10.3. The molecule has 9 heavy (non-hydrogen) atoms. The number of rotatable bonds is 4. The minimum atomic E-state index is -0.830. The molecule has 52 valence electrons. The van der Waals surface area contributed by atoms with Crippen LogP contribution < -0.4 is 0 Å². The van der Waals surface area contributed by atoms with Gasteiger partial charge in [0.15, 0.2) is 0 Å². The van der Waals surface area contributed by atoms with Crippen LogP contribution in [0.1, 0.15) is 13.3 Å². The Morgan fingerprint density at radius 2 is 2.44 bits per heavy atom. The summed E-state index contributed by atoms with van der Waals surface area (Å²) in [5.74, 6) is 0. The second-order valence-corrected chi connectivity index (χ2v) is 1.78. The van der Waals surface area contributed by atoms with Gasteiger partial charge < -0.3 is 4.74 Å². The SMILES string of the molecule is CC(F)CCOCC#N. The van der Waals surface area contributed by atoms with Gasteiger partial charge in [-0.15, -0.1) is 0 Å². The molecule has 0 bridgehead atoms. The lowest BCUT2D eigenvalue weighted by molar-refractivity contribution is 0.141. The van der Waals surface area contributed by atoms with Crippen molar-refractivity contribution in [1.82, 2.24) is 0 Å². The minimum absolute atomic E-state index is 0.0622. The molecule has 0 N–H and O–H groups in total. The highest BCUT2D eigenvalue weighted by atomic mass is 19.1. The molecular weight excluding hydrogens is 121 g/mol. The lowest BCUT2D eigenvalue weighted by Gasteiger charge is -1.98. The molecule has 0 aliphatic carbocycles. The Hall–Kier alpha value is -0.620. The molecule has 0 rings (SSSR count). The predicted octanol–water partition coefficient (Wildman–Crippen LogP) is 1.27. The summed E-state index contributed by atoms with van der Waals surface area (Å²) in [6.45, 7) is 1.87. The van der Waals surface area contributed by atoms with Crippen LogP contribution in [0.15, 0.2) is 0 Å². The highest BCUT2D eigenvalue weighted by Crippen LogP contribution is 1.94. The van der Waals surface area contributed by atoms with Crippen LogP contribution in [0.2, 0.25) is 0 Å². The molecule has 0 aromatic heterocycles. The number of ether oxygens (including phenoxy) is 1. The molecule has 0 aliphatic rings. The summed E-state index contributed by atoms with van der Waals surface area (Å²) in [7, 11) is 0. The Labute approximate surface area is 54.2 Å². The molecule has 0 radical (unpaired) electrons. The van der Waals surface area contributed by atoms with Gasteiger partial charge in [-0.1, -0.05) is 0 Å². The van der Waals surface area contributed by atoms with E-state index in [2.05, 4.69) is 0 Å². The second kappa shape index (κ2) is 5.52. The van der Waals surface area contributed by atoms with Crippen LogP contribution in [0.3, 0.4) is 0 Å². The van der Waals surface area contributed by atoms with Crippen molar-refractivity contribution in [3.05, 3.63) is 0 Å². The summed E-state index contributed by atoms with van der Waals surface area (Å²) in [5, 5.41) is 7.96. The van der Waals surface area contributed by atoms with Gasteiger partial charge in [-0.3, -0.25) is 0 Å². The molecule has 1 atom stereocenters. The normalized spacial score (nSPS) is 12.6. The summed E-state index contributed by atoms with van der Waals surface area (Å²) >= 11 is 0. The van der Waals surface area contributed by atoms with E-state index in [1.807, 2.05) is 0 Å². The average Bonchev–Trinajstić information content (AvgIpc) is 1.80. The Kier molecular flexibility index (Phi) is 5.14. The zero-order valence-corrected chi connectivity index (χ0v) is 5.43. The van der Waals surface area contributed by atoms with Crippen LogP contribution in [-0.4, -0.2) is 19.4 Å². The van der Waals surface area contributed by atoms with E-state index in [-0.39, 0.29) is 6.61 Å². The fourth-order valence-corrected chi connectivity index (χ4v) is 0.364. The van der Waals surface area contributed by atoms with Gasteiger partial charge in [0.2, 0.25) is 0 Å². The summed E-state index contributed by atoms with van der Waals surface area (Å²) in [6, 6.07) is 1.80. The average molecular weight is 131 g/mol. The smallest absolute Gasteiger partial charge is 0.133 e. The Morgan fingerprint density at radius 3 is 2.89 bits per heavy atom. The first kappa shape index (κ1) is 8.38. The van der Waals surface area contributed by atoms with Crippen molar-refractivity contribution in [3.8, 4) is 6.07 Å². The van der Waals surface area contributed by atoms with Crippen molar-refractivity contribution in [2.45, 2.75) is 19.5 Å². The summed E-state index contributed by atoms with van der Waals surface area (Å²) in [5.41, 5.74) is 0. The molecule has 0 aromatic rings. The van der Waals surface area contributed by atoms with Crippen molar-refractivity contribution in [2.24, 2.45) is 0 Å². The van der Waals surface area contributed by atoms with E-state index in [0.29, 0.717) is 13.0 Å². The zero-order valence-electron chi connectivity index (χ0n) is 5.43. The van der Waals surface area contributed by atoms with Crippen LogP contribution in [0.5, 0.6) is 0 Å². The topological polar surface area (TPSA) is 33.0 Å². The van der Waals surface area contributed by atoms with E-state index in [9.17, 15) is 4.39 Å². The van der Waals surface area contributed by atoms with Crippen molar-refractivity contribution >= 4 is 0 Å². The van der Waals surface area contributed by atoms with Crippen LogP contribution >= 0.6 is 0 Å². The third-order valence-electron chi connectivity index (χ3n) is 0.827. The quantitative estimate of drug-likeness (QED) is 0.538. The van der Waals surface area contributed by atoms with Crippen molar-refractivity contribution < 1.29 is 9.13 Å². The van der Waals surface area contributed by atoms with E-state index in [4.69, 9.17) is 10.00 Å². The number of halogens is 1. The largest absolute Gasteiger partial charge is 0.366 e. The minimum Gasteiger partial charge on any atom is -0.366 e. The van der Waals surface area contributed by atoms with Crippen molar-refractivity contribution in [3.63, 3.8) is 0 Å². The van der Waals surface area contributed by atoms with Gasteiger partial charge in [0.1, 0.15) is 6.61 Å². The first-order valence-corrected chi connectivity index (χ1v) is 2.86. The first-order valence-electron chi connectivity index (χ1n) is 2.86. The van der Waals surface area contributed by atoms with Gasteiger partial charge >= 0.3 is 0 Å². The van der Waals surface area contributed by atoms with Crippen LogP contribution in [0, 0.1) is 11.3 Å². The number of hydrogen-bond acceptors (Lipinski definition) is 2. The molecule has 0 saturated carbocycles. The molecule has 0 heterocycles. The molecular formula is C6H10FNO. The Bertz CT molecular complexity index is 97.7. The monoisotopic (exact) mass is 131 g/mol. The summed E-state index contributed by atoms with van der Waals surface area (Å²) in [4.78, 5) is 0. The van der Waals surface area contributed by atoms with E-state index < -0.39 is 6.17 Å². The van der Waals surface area contributed by atoms with Gasteiger partial charge in [0.05, 0.1) is 18.8 Å². The number of nitrogens with zero attached hydrogens (tertiary/aromatic N) is 1. The molecule has 0 amide bonds. The van der Waals surface area contributed by atoms with Gasteiger partial charge in [-0.2, -0.15) is 5.26 Å². The van der Waals surface area contributed by atoms with Crippen LogP contribution in [-0.2, 0) is 4.74 Å². The highest BCUT2D eigenvalue weighted by Gasteiger charge is 1.95. The maximum atomic E-state index is 12.0. The zero-order chi connectivity index (χ0) is 7.11. The van der Waals surface area contributed by atoms with E-state index in [1.165, 1.54) is 6.92 Å². The highest BCUT2D eigenvalue weighted by molar-refractivity contribution is 4.66. The van der Waals surface area contributed by atoms with Gasteiger partial charge in [-0.25, -0.2) is 4.39 Å². The molecule has 0 aliphatic heterocycles. The standard InChI is InChI=1S/C6H10FNO/c1-6(7)2-4-9-5-3-8/h6H,2,4-5H2,1H3. The second-order valence-electron chi connectivity index (χ2n) is 1.78. The van der Waals surface area contributed by atoms with Gasteiger partial charge in [-0.05, 0) is 6.92 Å². The maximum Gasteiger partial charge on any atom is 0.133 e. The number of nitriles is 1. The fraction of sp³-hybridized carbons (Fsp3) is 0.833. The number of alkyl halides is 1. The fourth-order valence-electron chi connectivity index (χ4n) is 0.364. The molecule has 0 aromatic carbocycles. The lowest BCUT2D eigenvalue weighted by Crippen LogP contribution is -2.01. The Balaban J connectivity index is 2.85. The van der Waals surface area contributed by atoms with E-state index >= 15 is 0 Å². The molecule has 0 fully saturated rings. The van der Waals surface area contributed by atoms with Crippen molar-refractivity contribution in [2.75, 3.05) is 13.2 Å². The maximum absolute atomic E-state index is 12.0. The van der Waals surface area contributed by atoms with E-state index in [0.717, 1.165) is 0 Å². The van der Waals surface area contributed by atoms with Crippen LogP contribution in [0.4, 0.5) is 4.39 Å². The molecule has 0 saturated heterocycles. The number of hydrogen-bond donors (Lipinski definition) is 0. The van der Waals surface area contributed by atoms with Gasteiger partial charge in [0, 0.05) is 6.42 Å². The Morgan fingerprint density at radius 1 is 1.78 bits per heavy atom. The van der Waals surface area contributed by atoms with E-state index in [1.54, 1.807) is 6.07 Å². The molecule has 0 spiro atoms. The van der Waals surface area contributed by atoms with Gasteiger partial charge in [0.25, 0.3) is 0 Å². The predicted molar refractivity (Wildman–Crippen MR) is 31.6 cm³/mol. The molecule has 3 heteroatoms.